The molecule has 218 valence electrons. The molecule has 0 spiro atoms. The van der Waals surface area contributed by atoms with Crippen molar-refractivity contribution in [1.29, 1.82) is 0 Å². The highest BCUT2D eigenvalue weighted by atomic mass is 16.6. The first-order valence-electron chi connectivity index (χ1n) is 15.2. The second-order valence-electron chi connectivity index (χ2n) is 11.4. The molecule has 1 atom stereocenters. The molecular weight excluding hydrogens is 472 g/mol. The van der Waals surface area contributed by atoms with Gasteiger partial charge in [0.15, 0.2) is 0 Å². The van der Waals surface area contributed by atoms with Gasteiger partial charge in [-0.25, -0.2) is 4.79 Å². The van der Waals surface area contributed by atoms with Gasteiger partial charge in [-0.05, 0) is 75.6 Å². The number of ether oxygens (including phenoxy) is 2. The first-order chi connectivity index (χ1) is 18.2. The lowest BCUT2D eigenvalue weighted by molar-refractivity contribution is 0.0546. The molecule has 0 saturated carbocycles. The molecule has 0 bridgehead atoms. The van der Waals surface area contributed by atoms with Crippen molar-refractivity contribution in [3.05, 3.63) is 42.0 Å². The van der Waals surface area contributed by atoms with E-state index in [9.17, 15) is 4.79 Å². The van der Waals surface area contributed by atoms with Crippen molar-refractivity contribution < 1.29 is 14.3 Å². The molecule has 38 heavy (non-hydrogen) atoms. The lowest BCUT2D eigenvalue weighted by atomic mass is 9.92. The molecule has 1 aromatic carbocycles. The van der Waals surface area contributed by atoms with E-state index >= 15 is 0 Å². The normalized spacial score (nSPS) is 12.7. The van der Waals surface area contributed by atoms with Gasteiger partial charge in [-0.15, -0.1) is 0 Å². The number of allylic oxidation sites excluding steroid dienone is 1. The van der Waals surface area contributed by atoms with Crippen LogP contribution in [0.2, 0.25) is 0 Å². The predicted molar refractivity (Wildman–Crippen MR) is 163 cm³/mol. The summed E-state index contributed by atoms with van der Waals surface area (Å²) in [7, 11) is 0. The third kappa shape index (κ3) is 13.8. The van der Waals surface area contributed by atoms with Crippen LogP contribution in [0.25, 0.3) is 5.57 Å². The van der Waals surface area contributed by atoms with E-state index in [0.717, 1.165) is 48.2 Å². The number of nitrogens with one attached hydrogen (secondary N) is 1. The van der Waals surface area contributed by atoms with E-state index in [2.05, 4.69) is 50.6 Å². The van der Waals surface area contributed by atoms with E-state index in [0.29, 0.717) is 13.2 Å². The molecule has 0 aliphatic rings. The average molecular weight is 531 g/mol. The highest BCUT2D eigenvalue weighted by Crippen LogP contribution is 2.23. The van der Waals surface area contributed by atoms with Crippen molar-refractivity contribution in [2.45, 2.75) is 105 Å². The van der Waals surface area contributed by atoms with Gasteiger partial charge in [-0.2, -0.15) is 0 Å². The number of unbranched alkanes of at least 4 members (excludes halogenated alkanes) is 1. The fourth-order valence-electron chi connectivity index (χ4n) is 4.90. The van der Waals surface area contributed by atoms with Gasteiger partial charge in [0.2, 0.25) is 0 Å². The van der Waals surface area contributed by atoms with Gasteiger partial charge in [-0.1, -0.05) is 90.2 Å². The van der Waals surface area contributed by atoms with Crippen LogP contribution in [0.5, 0.6) is 0 Å². The van der Waals surface area contributed by atoms with Gasteiger partial charge in [0.05, 0.1) is 18.8 Å². The molecular formula is C33H58N2O3. The molecule has 1 rings (SSSR count). The Bertz CT molecular complexity index is 788. The Morgan fingerprint density at radius 3 is 2.29 bits per heavy atom. The standard InChI is InChI=1S/C33H58N2O3/c1-9-13-16-29(12-4)26-35(20-15-17-28(10-2)11-3)21-22-37-23-24-38-32(36)34-33(7,8)31-19-14-18-30(25-31)27(5)6/h14,18-19,25,28-29H,5,9-13,15-17,20-24,26H2,1-4,6-8H3,(H,34,36). The minimum atomic E-state index is -0.550. The van der Waals surface area contributed by atoms with E-state index in [1.807, 2.05) is 39.0 Å². The third-order valence-corrected chi connectivity index (χ3v) is 7.81. The maximum Gasteiger partial charge on any atom is 0.407 e. The smallest absolute Gasteiger partial charge is 0.407 e. The van der Waals surface area contributed by atoms with Crippen molar-refractivity contribution in [2.24, 2.45) is 11.8 Å². The van der Waals surface area contributed by atoms with E-state index in [-0.39, 0.29) is 6.61 Å². The van der Waals surface area contributed by atoms with E-state index in [4.69, 9.17) is 9.47 Å². The molecule has 0 radical (unpaired) electrons. The molecule has 0 heterocycles. The average Bonchev–Trinajstić information content (AvgIpc) is 2.90. The van der Waals surface area contributed by atoms with Gasteiger partial charge in [0, 0.05) is 13.1 Å². The van der Waals surface area contributed by atoms with Gasteiger partial charge >= 0.3 is 6.09 Å². The van der Waals surface area contributed by atoms with E-state index < -0.39 is 11.6 Å². The van der Waals surface area contributed by atoms with Crippen LogP contribution in [0.15, 0.2) is 30.8 Å². The fourth-order valence-corrected chi connectivity index (χ4v) is 4.90. The van der Waals surface area contributed by atoms with Crippen molar-refractivity contribution in [1.82, 2.24) is 10.2 Å². The highest BCUT2D eigenvalue weighted by Gasteiger charge is 2.24. The Morgan fingerprint density at radius 2 is 1.66 bits per heavy atom. The summed E-state index contributed by atoms with van der Waals surface area (Å²) in [6.07, 6.45) is 9.82. The summed E-state index contributed by atoms with van der Waals surface area (Å²) >= 11 is 0. The molecule has 0 aliphatic heterocycles. The first kappa shape index (κ1) is 34.2. The summed E-state index contributed by atoms with van der Waals surface area (Å²) in [6, 6.07) is 8.09. The number of benzene rings is 1. The maximum atomic E-state index is 12.4. The lowest BCUT2D eigenvalue weighted by Crippen LogP contribution is -2.41. The molecule has 0 aromatic heterocycles. The number of nitrogens with zero attached hydrogens (tertiary/aromatic N) is 1. The SMILES string of the molecule is C=C(C)c1cccc(C(C)(C)NC(=O)OCCOCCN(CCCC(CC)CC)CC(CC)CCCC)c1. The zero-order valence-electron chi connectivity index (χ0n) is 25.7. The Morgan fingerprint density at radius 1 is 0.974 bits per heavy atom. The van der Waals surface area contributed by atoms with Gasteiger partial charge in [-0.3, -0.25) is 0 Å². The van der Waals surface area contributed by atoms with Crippen LogP contribution in [-0.4, -0.2) is 50.4 Å². The molecule has 5 nitrogen and oxygen atoms in total. The molecule has 0 aliphatic carbocycles. The number of alkyl carbamates (subject to hydrolysis) is 1. The van der Waals surface area contributed by atoms with Gasteiger partial charge in [0.1, 0.15) is 6.61 Å². The second-order valence-corrected chi connectivity index (χ2v) is 11.4. The molecule has 0 fully saturated rings. The Balaban J connectivity index is 2.45. The molecule has 1 N–H and O–H groups in total. The Hall–Kier alpha value is -1.85. The largest absolute Gasteiger partial charge is 0.447 e. The predicted octanol–water partition coefficient (Wildman–Crippen LogP) is 8.43. The van der Waals surface area contributed by atoms with Crippen LogP contribution in [0, 0.1) is 11.8 Å². The van der Waals surface area contributed by atoms with Crippen molar-refractivity contribution in [3.63, 3.8) is 0 Å². The summed E-state index contributed by atoms with van der Waals surface area (Å²) in [5.74, 6) is 1.60. The third-order valence-electron chi connectivity index (χ3n) is 7.81. The minimum absolute atomic E-state index is 0.247. The quantitative estimate of drug-likeness (QED) is 0.162. The molecule has 5 heteroatoms. The van der Waals surface area contributed by atoms with Crippen LogP contribution in [0.4, 0.5) is 4.79 Å². The van der Waals surface area contributed by atoms with Crippen molar-refractivity contribution >= 4 is 11.7 Å². The zero-order chi connectivity index (χ0) is 28.4. The Labute approximate surface area is 234 Å². The summed E-state index contributed by atoms with van der Waals surface area (Å²) in [5, 5.41) is 2.98. The van der Waals surface area contributed by atoms with Crippen LogP contribution in [0.1, 0.15) is 111 Å². The lowest BCUT2D eigenvalue weighted by Gasteiger charge is -2.28. The first-order valence-corrected chi connectivity index (χ1v) is 15.2. The number of rotatable bonds is 21. The highest BCUT2D eigenvalue weighted by molar-refractivity contribution is 5.69. The van der Waals surface area contributed by atoms with Crippen LogP contribution >= 0.6 is 0 Å². The maximum absolute atomic E-state index is 12.4. The van der Waals surface area contributed by atoms with E-state index in [1.165, 1.54) is 51.4 Å². The number of amides is 1. The summed E-state index contributed by atoms with van der Waals surface area (Å²) in [6.45, 7) is 23.7. The summed E-state index contributed by atoms with van der Waals surface area (Å²) in [5.41, 5.74) is 2.53. The van der Waals surface area contributed by atoms with Gasteiger partial charge < -0.3 is 19.7 Å². The fraction of sp³-hybridized carbons (Fsp3) is 0.727. The molecule has 1 aromatic rings. The van der Waals surface area contributed by atoms with E-state index in [1.54, 1.807) is 0 Å². The molecule has 0 saturated heterocycles. The van der Waals surface area contributed by atoms with Crippen LogP contribution < -0.4 is 5.32 Å². The molecule has 1 unspecified atom stereocenters. The van der Waals surface area contributed by atoms with Crippen LogP contribution in [0.3, 0.4) is 0 Å². The Kier molecular flexibility index (Phi) is 17.3. The number of hydrogen-bond acceptors (Lipinski definition) is 4. The number of carbonyl (C=O) groups excluding carboxylic acids is 1. The van der Waals surface area contributed by atoms with Crippen LogP contribution in [-0.2, 0) is 15.0 Å². The summed E-state index contributed by atoms with van der Waals surface area (Å²) in [4.78, 5) is 15.0. The number of carbonyl (C=O) groups is 1. The summed E-state index contributed by atoms with van der Waals surface area (Å²) < 4.78 is 11.3. The number of hydrogen-bond donors (Lipinski definition) is 1. The second kappa shape index (κ2) is 19.2. The monoisotopic (exact) mass is 530 g/mol. The van der Waals surface area contributed by atoms with Crippen molar-refractivity contribution in [2.75, 3.05) is 39.5 Å². The minimum Gasteiger partial charge on any atom is -0.447 e. The van der Waals surface area contributed by atoms with Crippen molar-refractivity contribution in [3.8, 4) is 0 Å². The zero-order valence-corrected chi connectivity index (χ0v) is 25.7. The van der Waals surface area contributed by atoms with Gasteiger partial charge in [0.25, 0.3) is 0 Å². The topological polar surface area (TPSA) is 50.8 Å². The molecule has 1 amide bonds.